The van der Waals surface area contributed by atoms with Crippen LogP contribution in [0.2, 0.25) is 5.02 Å². The van der Waals surface area contributed by atoms with Crippen LogP contribution in [0.5, 0.6) is 0 Å². The number of benzene rings is 1. The maximum atomic E-state index is 11.9. The van der Waals surface area contributed by atoms with E-state index in [1.807, 2.05) is 13.0 Å². The van der Waals surface area contributed by atoms with Gasteiger partial charge in [-0.05, 0) is 12.5 Å². The number of carbonyl (C=O) groups is 1. The first-order valence-electron chi connectivity index (χ1n) is 5.64. The highest BCUT2D eigenvalue weighted by atomic mass is 35.5. The third-order valence-corrected chi connectivity index (χ3v) is 2.86. The van der Waals surface area contributed by atoms with E-state index in [4.69, 9.17) is 16.9 Å². The summed E-state index contributed by atoms with van der Waals surface area (Å²) < 4.78 is 0. The van der Waals surface area contributed by atoms with E-state index in [0.717, 1.165) is 6.42 Å². The van der Waals surface area contributed by atoms with Gasteiger partial charge in [-0.1, -0.05) is 31.0 Å². The van der Waals surface area contributed by atoms with Gasteiger partial charge in [0.25, 0.3) is 11.6 Å². The van der Waals surface area contributed by atoms with Crippen LogP contribution in [0.25, 0.3) is 0 Å². The number of nitrogens with zero attached hydrogens (tertiary/aromatic N) is 2. The minimum absolute atomic E-state index is 0.00720. The number of nitrogens with one attached hydrogen (secondary N) is 1. The van der Waals surface area contributed by atoms with E-state index in [2.05, 4.69) is 5.32 Å². The fraction of sp³-hybridized carbons (Fsp3) is 0.333. The SMILES string of the molecule is CCCC(C#N)NC(=O)c1cccc([N+](=O)[O-])c1Cl. The van der Waals surface area contributed by atoms with Crippen molar-refractivity contribution in [3.8, 4) is 6.07 Å². The van der Waals surface area contributed by atoms with Crippen molar-refractivity contribution in [3.63, 3.8) is 0 Å². The molecule has 0 aliphatic rings. The lowest BCUT2D eigenvalue weighted by atomic mass is 10.1. The summed E-state index contributed by atoms with van der Waals surface area (Å²) in [5, 5.41) is 21.8. The summed E-state index contributed by atoms with van der Waals surface area (Å²) in [6.07, 6.45) is 1.25. The quantitative estimate of drug-likeness (QED) is 0.663. The molecule has 100 valence electrons. The fourth-order valence-electron chi connectivity index (χ4n) is 1.53. The summed E-state index contributed by atoms with van der Waals surface area (Å²) in [6, 6.07) is 5.29. The second-order valence-electron chi connectivity index (χ2n) is 3.84. The van der Waals surface area contributed by atoms with Gasteiger partial charge in [-0.3, -0.25) is 14.9 Å². The smallest absolute Gasteiger partial charge is 0.288 e. The minimum atomic E-state index is -0.660. The summed E-state index contributed by atoms with van der Waals surface area (Å²) in [4.78, 5) is 22.0. The maximum absolute atomic E-state index is 11.9. The van der Waals surface area contributed by atoms with Crippen molar-refractivity contribution in [2.24, 2.45) is 0 Å². The fourth-order valence-corrected chi connectivity index (χ4v) is 1.81. The number of nitro groups is 1. The van der Waals surface area contributed by atoms with Gasteiger partial charge < -0.3 is 5.32 Å². The normalized spacial score (nSPS) is 11.4. The second kappa shape index (κ2) is 6.71. The van der Waals surface area contributed by atoms with Crippen molar-refractivity contribution >= 4 is 23.2 Å². The molecule has 0 aliphatic carbocycles. The molecule has 7 heteroatoms. The van der Waals surface area contributed by atoms with Crippen molar-refractivity contribution in [3.05, 3.63) is 38.9 Å². The number of hydrogen-bond donors (Lipinski definition) is 1. The number of nitriles is 1. The van der Waals surface area contributed by atoms with Crippen LogP contribution in [0.3, 0.4) is 0 Å². The molecule has 0 saturated carbocycles. The summed E-state index contributed by atoms with van der Waals surface area (Å²) >= 11 is 5.82. The second-order valence-corrected chi connectivity index (χ2v) is 4.22. The Balaban J connectivity index is 2.98. The number of rotatable bonds is 5. The highest BCUT2D eigenvalue weighted by molar-refractivity contribution is 6.35. The topological polar surface area (TPSA) is 96.0 Å². The van der Waals surface area contributed by atoms with E-state index in [0.29, 0.717) is 6.42 Å². The lowest BCUT2D eigenvalue weighted by molar-refractivity contribution is -0.384. The molecule has 1 rings (SSSR count). The van der Waals surface area contributed by atoms with Gasteiger partial charge in [-0.2, -0.15) is 5.26 Å². The number of carbonyl (C=O) groups excluding carboxylic acids is 1. The first-order chi connectivity index (χ1) is 9.01. The van der Waals surface area contributed by atoms with Gasteiger partial charge in [0, 0.05) is 6.07 Å². The lowest BCUT2D eigenvalue weighted by Crippen LogP contribution is -2.33. The van der Waals surface area contributed by atoms with Crippen LogP contribution >= 0.6 is 11.6 Å². The molecular formula is C12H12ClN3O3. The van der Waals surface area contributed by atoms with Crippen molar-refractivity contribution in [2.75, 3.05) is 0 Å². The zero-order valence-corrected chi connectivity index (χ0v) is 11.0. The average Bonchev–Trinajstić information content (AvgIpc) is 2.37. The van der Waals surface area contributed by atoms with Gasteiger partial charge in [0.05, 0.1) is 16.6 Å². The number of amides is 1. The third-order valence-electron chi connectivity index (χ3n) is 2.46. The van der Waals surface area contributed by atoms with Crippen molar-refractivity contribution in [1.29, 1.82) is 5.26 Å². The van der Waals surface area contributed by atoms with Crippen molar-refractivity contribution in [2.45, 2.75) is 25.8 Å². The van der Waals surface area contributed by atoms with E-state index in [1.165, 1.54) is 18.2 Å². The predicted octanol–water partition coefficient (Wildman–Crippen LogP) is 2.67. The Morgan fingerprint density at radius 2 is 2.32 bits per heavy atom. The lowest BCUT2D eigenvalue weighted by Gasteiger charge is -2.11. The molecule has 1 aromatic carbocycles. The Labute approximate surface area is 115 Å². The van der Waals surface area contributed by atoms with Crippen LogP contribution in [0.15, 0.2) is 18.2 Å². The third kappa shape index (κ3) is 3.66. The highest BCUT2D eigenvalue weighted by Crippen LogP contribution is 2.27. The molecule has 1 atom stereocenters. The molecule has 1 amide bonds. The van der Waals surface area contributed by atoms with E-state index in [-0.39, 0.29) is 16.3 Å². The zero-order valence-electron chi connectivity index (χ0n) is 10.2. The van der Waals surface area contributed by atoms with Crippen molar-refractivity contribution in [1.82, 2.24) is 5.32 Å². The van der Waals surface area contributed by atoms with E-state index in [1.54, 1.807) is 0 Å². The monoisotopic (exact) mass is 281 g/mol. The van der Waals surface area contributed by atoms with Crippen LogP contribution in [0.4, 0.5) is 5.69 Å². The molecule has 0 bridgehead atoms. The van der Waals surface area contributed by atoms with E-state index in [9.17, 15) is 14.9 Å². The summed E-state index contributed by atoms with van der Waals surface area (Å²) in [5.41, 5.74) is -0.342. The van der Waals surface area contributed by atoms with Gasteiger partial charge in [-0.15, -0.1) is 0 Å². The largest absolute Gasteiger partial charge is 0.336 e. The first-order valence-corrected chi connectivity index (χ1v) is 6.02. The zero-order chi connectivity index (χ0) is 14.4. The molecular weight excluding hydrogens is 270 g/mol. The van der Waals surface area contributed by atoms with Crippen molar-refractivity contribution < 1.29 is 9.72 Å². The molecule has 19 heavy (non-hydrogen) atoms. The molecule has 0 spiro atoms. The van der Waals surface area contributed by atoms with Crippen LogP contribution in [0, 0.1) is 21.4 Å². The number of halogens is 1. The summed E-state index contributed by atoms with van der Waals surface area (Å²) in [7, 11) is 0. The Hall–Kier alpha value is -2.13. The van der Waals surface area contributed by atoms with Crippen LogP contribution in [-0.4, -0.2) is 16.9 Å². The Bertz CT molecular complexity index is 540. The molecule has 1 unspecified atom stereocenters. The van der Waals surface area contributed by atoms with E-state index >= 15 is 0 Å². The molecule has 0 fully saturated rings. The van der Waals surface area contributed by atoms with Gasteiger partial charge in [-0.25, -0.2) is 0 Å². The molecule has 1 N–H and O–H groups in total. The van der Waals surface area contributed by atoms with Crippen LogP contribution in [0.1, 0.15) is 30.1 Å². The molecule has 0 aromatic heterocycles. The summed E-state index contributed by atoms with van der Waals surface area (Å²) in [6.45, 7) is 1.89. The molecule has 1 aromatic rings. The van der Waals surface area contributed by atoms with Gasteiger partial charge >= 0.3 is 0 Å². The molecule has 0 saturated heterocycles. The van der Waals surface area contributed by atoms with Crippen LogP contribution in [-0.2, 0) is 0 Å². The predicted molar refractivity (Wildman–Crippen MR) is 69.9 cm³/mol. The Morgan fingerprint density at radius 3 is 2.84 bits per heavy atom. The summed E-state index contributed by atoms with van der Waals surface area (Å²) in [5.74, 6) is -0.589. The molecule has 6 nitrogen and oxygen atoms in total. The maximum Gasteiger partial charge on any atom is 0.288 e. The van der Waals surface area contributed by atoms with Gasteiger partial charge in [0.2, 0.25) is 0 Å². The van der Waals surface area contributed by atoms with Crippen LogP contribution < -0.4 is 5.32 Å². The Kier molecular flexibility index (Phi) is 5.27. The first kappa shape index (κ1) is 14.9. The minimum Gasteiger partial charge on any atom is -0.336 e. The van der Waals surface area contributed by atoms with E-state index < -0.39 is 16.9 Å². The van der Waals surface area contributed by atoms with Gasteiger partial charge in [0.1, 0.15) is 11.1 Å². The standard InChI is InChI=1S/C12H12ClN3O3/c1-2-4-8(7-14)15-12(17)9-5-3-6-10(11(9)13)16(18)19/h3,5-6,8H,2,4H2,1H3,(H,15,17). The number of nitro benzene ring substituents is 1. The average molecular weight is 282 g/mol. The van der Waals surface area contributed by atoms with Gasteiger partial charge in [0.15, 0.2) is 0 Å². The molecule has 0 heterocycles. The Morgan fingerprint density at radius 1 is 1.63 bits per heavy atom. The molecule has 0 radical (unpaired) electrons. The highest BCUT2D eigenvalue weighted by Gasteiger charge is 2.21. The number of hydrogen-bond acceptors (Lipinski definition) is 4. The molecule has 0 aliphatic heterocycles.